The van der Waals surface area contributed by atoms with Gasteiger partial charge in [0.1, 0.15) is 0 Å². The van der Waals surface area contributed by atoms with Crippen LogP contribution in [-0.4, -0.2) is 18.9 Å². The number of thiazole rings is 1. The predicted octanol–water partition coefficient (Wildman–Crippen LogP) is 4.39. The molecule has 5 aromatic rings. The Hall–Kier alpha value is -3.78. The number of fused-ring (bicyclic) bond motifs is 3. The Balaban J connectivity index is 1.65. The maximum absolute atomic E-state index is 13.2. The van der Waals surface area contributed by atoms with E-state index in [2.05, 4.69) is 4.98 Å². The van der Waals surface area contributed by atoms with Crippen LogP contribution in [-0.2, 0) is 0 Å². The van der Waals surface area contributed by atoms with Gasteiger partial charge in [-0.15, -0.1) is 0 Å². The van der Waals surface area contributed by atoms with Crippen molar-refractivity contribution in [1.29, 1.82) is 0 Å². The highest BCUT2D eigenvalue weighted by atomic mass is 32.1. The van der Waals surface area contributed by atoms with Crippen molar-refractivity contribution in [3.63, 3.8) is 0 Å². The summed E-state index contributed by atoms with van der Waals surface area (Å²) in [6, 6.07) is 12.5. The van der Waals surface area contributed by atoms with Crippen molar-refractivity contribution in [3.05, 3.63) is 95.5 Å². The molecule has 0 unspecified atom stereocenters. The summed E-state index contributed by atoms with van der Waals surface area (Å²) in [4.78, 5) is 29.1. The van der Waals surface area contributed by atoms with Gasteiger partial charge >= 0.3 is 0 Å². The molecule has 7 nitrogen and oxygen atoms in total. The Bertz CT molecular complexity index is 1660. The van der Waals surface area contributed by atoms with Gasteiger partial charge in [0, 0.05) is 29.2 Å². The zero-order valence-electron chi connectivity index (χ0n) is 18.0. The third kappa shape index (κ3) is 3.03. The van der Waals surface area contributed by atoms with Crippen LogP contribution in [0.25, 0.3) is 27.8 Å². The third-order valence-electron chi connectivity index (χ3n) is 5.93. The largest absolute Gasteiger partial charge is 0.318 e. The molecular weight excluding hydrogens is 424 g/mol. The topological polar surface area (TPSA) is 82.4 Å². The van der Waals surface area contributed by atoms with Crippen LogP contribution in [0.15, 0.2) is 47.3 Å². The van der Waals surface area contributed by atoms with Crippen LogP contribution in [0.3, 0.4) is 0 Å². The van der Waals surface area contributed by atoms with E-state index in [9.17, 15) is 14.9 Å². The highest BCUT2D eigenvalue weighted by Gasteiger charge is 2.15. The highest BCUT2D eigenvalue weighted by molar-refractivity contribution is 7.15. The maximum Gasteiger partial charge on any atom is 0.274 e. The van der Waals surface area contributed by atoms with Gasteiger partial charge in [0.25, 0.3) is 11.2 Å². The van der Waals surface area contributed by atoms with Gasteiger partial charge in [0.05, 0.1) is 20.5 Å². The molecule has 0 fully saturated rings. The molecule has 0 amide bonds. The number of nitro groups is 1. The van der Waals surface area contributed by atoms with Crippen molar-refractivity contribution >= 4 is 39.1 Å². The van der Waals surface area contributed by atoms with Crippen LogP contribution < -0.4 is 10.1 Å². The molecule has 3 heterocycles. The van der Waals surface area contributed by atoms with Gasteiger partial charge in [-0.1, -0.05) is 11.3 Å². The summed E-state index contributed by atoms with van der Waals surface area (Å²) in [5, 5.41) is 10.9. The summed E-state index contributed by atoms with van der Waals surface area (Å²) in [5.41, 5.74) is 7.63. The number of rotatable bonds is 3. The van der Waals surface area contributed by atoms with Crippen LogP contribution in [0.1, 0.15) is 28.1 Å². The molecule has 0 radical (unpaired) electrons. The number of nitro benzene ring substituents is 1. The molecule has 0 aliphatic rings. The minimum Gasteiger partial charge on any atom is -0.318 e. The third-order valence-corrected chi connectivity index (χ3v) is 6.90. The summed E-state index contributed by atoms with van der Waals surface area (Å²) < 4.78 is 4.34. The van der Waals surface area contributed by atoms with Crippen molar-refractivity contribution in [1.82, 2.24) is 14.0 Å². The molecule has 0 aliphatic heterocycles. The van der Waals surface area contributed by atoms with E-state index in [4.69, 9.17) is 0 Å². The second kappa shape index (κ2) is 7.13. The summed E-state index contributed by atoms with van der Waals surface area (Å²) >= 11 is 1.38. The molecule has 3 aromatic heterocycles. The van der Waals surface area contributed by atoms with E-state index in [0.717, 1.165) is 44.8 Å². The second-order valence-corrected chi connectivity index (χ2v) is 9.02. The lowest BCUT2D eigenvalue weighted by Crippen LogP contribution is -2.22. The summed E-state index contributed by atoms with van der Waals surface area (Å²) in [6.07, 6.45) is 1.90. The predicted molar refractivity (Wildman–Crippen MR) is 127 cm³/mol. The lowest BCUT2D eigenvalue weighted by Gasteiger charge is -2.09. The number of hydrogen-bond acceptors (Lipinski definition) is 5. The molecule has 0 N–H and O–H groups in total. The molecule has 8 heteroatoms. The molecule has 2 aromatic carbocycles. The van der Waals surface area contributed by atoms with E-state index in [1.54, 1.807) is 16.5 Å². The minimum absolute atomic E-state index is 0.0542. The average Bonchev–Trinajstić information content (AvgIpc) is 3.34. The fourth-order valence-corrected chi connectivity index (χ4v) is 5.09. The lowest BCUT2D eigenvalue weighted by atomic mass is 10.1. The van der Waals surface area contributed by atoms with Crippen molar-refractivity contribution < 1.29 is 4.92 Å². The quantitative estimate of drug-likeness (QED) is 0.305. The second-order valence-electron chi connectivity index (χ2n) is 8.01. The van der Waals surface area contributed by atoms with Crippen LogP contribution in [0.4, 0.5) is 5.69 Å². The fraction of sp³-hybridized carbons (Fsp3) is 0.167. The first-order valence-electron chi connectivity index (χ1n) is 10.1. The zero-order chi connectivity index (χ0) is 22.7. The van der Waals surface area contributed by atoms with E-state index < -0.39 is 4.92 Å². The highest BCUT2D eigenvalue weighted by Crippen LogP contribution is 2.24. The first-order chi connectivity index (χ1) is 15.2. The Kier molecular flexibility index (Phi) is 4.49. The summed E-state index contributed by atoms with van der Waals surface area (Å²) in [6.45, 7) is 8.03. The Labute approximate surface area is 187 Å². The molecule has 160 valence electrons. The van der Waals surface area contributed by atoms with Crippen molar-refractivity contribution in [2.45, 2.75) is 27.7 Å². The normalized spacial score (nSPS) is 12.3. The fourth-order valence-electron chi connectivity index (χ4n) is 4.11. The number of non-ortho nitro benzene ring substituents is 1. The minimum atomic E-state index is -0.409. The summed E-state index contributed by atoms with van der Waals surface area (Å²) in [7, 11) is 0. The van der Waals surface area contributed by atoms with Gasteiger partial charge < -0.3 is 4.57 Å². The monoisotopic (exact) mass is 444 g/mol. The van der Waals surface area contributed by atoms with E-state index in [-0.39, 0.29) is 11.2 Å². The van der Waals surface area contributed by atoms with Crippen molar-refractivity contribution in [3.8, 4) is 5.69 Å². The Morgan fingerprint density at radius 2 is 1.72 bits per heavy atom. The van der Waals surface area contributed by atoms with Gasteiger partial charge in [-0.3, -0.25) is 14.9 Å². The van der Waals surface area contributed by atoms with Crippen LogP contribution in [0.2, 0.25) is 0 Å². The smallest absolute Gasteiger partial charge is 0.274 e. The number of aromatic nitrogens is 3. The van der Waals surface area contributed by atoms with Crippen LogP contribution >= 0.6 is 11.3 Å². The molecular formula is C24H20N4O3S. The van der Waals surface area contributed by atoms with Crippen LogP contribution in [0, 0.1) is 37.8 Å². The zero-order valence-corrected chi connectivity index (χ0v) is 18.9. The van der Waals surface area contributed by atoms with Gasteiger partial charge in [0.15, 0.2) is 4.96 Å². The molecule has 32 heavy (non-hydrogen) atoms. The van der Waals surface area contributed by atoms with Gasteiger partial charge in [-0.2, -0.15) is 0 Å². The first-order valence-corrected chi connectivity index (χ1v) is 10.9. The van der Waals surface area contributed by atoms with Gasteiger partial charge in [-0.05, 0) is 80.8 Å². The van der Waals surface area contributed by atoms with E-state index in [0.29, 0.717) is 9.49 Å². The average molecular weight is 445 g/mol. The number of aryl methyl sites for hydroxylation is 3. The van der Waals surface area contributed by atoms with Gasteiger partial charge in [-0.25, -0.2) is 9.38 Å². The first kappa shape index (κ1) is 20.1. The molecule has 0 saturated carbocycles. The summed E-state index contributed by atoms with van der Waals surface area (Å²) in [5.74, 6) is 0. The van der Waals surface area contributed by atoms with E-state index in [1.165, 1.54) is 23.5 Å². The molecule has 0 saturated heterocycles. The molecule has 5 rings (SSSR count). The van der Waals surface area contributed by atoms with Crippen molar-refractivity contribution in [2.24, 2.45) is 0 Å². The number of imidazole rings is 1. The Morgan fingerprint density at radius 3 is 2.41 bits per heavy atom. The molecule has 0 aliphatic carbocycles. The molecule has 0 atom stereocenters. The lowest BCUT2D eigenvalue weighted by molar-refractivity contribution is -0.384. The van der Waals surface area contributed by atoms with E-state index in [1.807, 2.05) is 56.5 Å². The number of nitrogens with zero attached hydrogens (tertiary/aromatic N) is 4. The molecule has 0 bridgehead atoms. The molecule has 0 spiro atoms. The SMILES string of the molecule is Cc1cc2nc3s/c(=C/c4cc(C)n(-c5ccc([N+](=O)[O-])cc5)c4C)c(=O)n3c2cc1C. The van der Waals surface area contributed by atoms with Crippen molar-refractivity contribution in [2.75, 3.05) is 0 Å². The number of hydrogen-bond donors (Lipinski definition) is 0. The number of benzene rings is 2. The maximum atomic E-state index is 13.2. The Morgan fingerprint density at radius 1 is 1.03 bits per heavy atom. The van der Waals surface area contributed by atoms with Crippen LogP contribution in [0.5, 0.6) is 0 Å². The standard InChI is InChI=1S/C24H20N4O3S/c1-13-9-20-21(10-14(13)2)27-23(29)22(32-24(27)25-20)12-17-11-15(3)26(16(17)4)18-5-7-19(8-6-18)28(30)31/h5-12H,1-4H3/b22-12+. The van der Waals surface area contributed by atoms with E-state index >= 15 is 0 Å². The van der Waals surface area contributed by atoms with Gasteiger partial charge in [0.2, 0.25) is 0 Å².